The van der Waals surface area contributed by atoms with E-state index < -0.39 is 0 Å². The number of ether oxygens (including phenoxy) is 2. The van der Waals surface area contributed by atoms with Crippen LogP contribution in [0.2, 0.25) is 0 Å². The molecule has 0 spiro atoms. The Kier molecular flexibility index (Phi) is 6.05. The number of hydrogen-bond acceptors (Lipinski definition) is 3. The molecule has 3 nitrogen and oxygen atoms in total. The molecule has 0 aliphatic heterocycles. The van der Waals surface area contributed by atoms with Gasteiger partial charge in [-0.3, -0.25) is 0 Å². The molecule has 0 aliphatic carbocycles. The van der Waals surface area contributed by atoms with Gasteiger partial charge in [-0.05, 0) is 55.1 Å². The van der Waals surface area contributed by atoms with E-state index in [1.54, 1.807) is 14.2 Å². The minimum atomic E-state index is 0.200. The molecule has 1 unspecified atom stereocenters. The molecule has 124 valence electrons. The molecule has 0 aliphatic rings. The van der Waals surface area contributed by atoms with Gasteiger partial charge in [0.05, 0.1) is 14.2 Å². The number of hydrogen-bond donors (Lipinski definition) is 1. The quantitative estimate of drug-likeness (QED) is 0.844. The molecule has 0 fully saturated rings. The van der Waals surface area contributed by atoms with Crippen molar-refractivity contribution >= 4 is 0 Å². The van der Waals surface area contributed by atoms with Gasteiger partial charge in [0.1, 0.15) is 11.5 Å². The van der Waals surface area contributed by atoms with E-state index in [2.05, 4.69) is 44.2 Å². The van der Waals surface area contributed by atoms with Crippen molar-refractivity contribution < 1.29 is 9.47 Å². The zero-order valence-corrected chi connectivity index (χ0v) is 14.6. The standard InChI is InChI=1S/C20H27NO2/c1-5-15-7-9-19(22-3)16(11-15)12-17(13-21)18-10-14(2)6-8-20(18)23-4/h6-11,17H,5,12-13,21H2,1-4H3. The van der Waals surface area contributed by atoms with E-state index in [1.807, 2.05) is 6.07 Å². The first-order valence-electron chi connectivity index (χ1n) is 8.13. The summed E-state index contributed by atoms with van der Waals surface area (Å²) in [6.45, 7) is 4.82. The Bertz CT molecular complexity index is 652. The highest BCUT2D eigenvalue weighted by Crippen LogP contribution is 2.32. The fourth-order valence-corrected chi connectivity index (χ4v) is 2.97. The highest BCUT2D eigenvalue weighted by Gasteiger charge is 2.18. The predicted molar refractivity (Wildman–Crippen MR) is 95.6 cm³/mol. The van der Waals surface area contributed by atoms with Crippen LogP contribution in [0.25, 0.3) is 0 Å². The van der Waals surface area contributed by atoms with Crippen LogP contribution in [-0.2, 0) is 12.8 Å². The van der Waals surface area contributed by atoms with Crippen molar-refractivity contribution in [2.75, 3.05) is 20.8 Å². The Morgan fingerprint density at radius 1 is 1.00 bits per heavy atom. The van der Waals surface area contributed by atoms with Crippen molar-refractivity contribution in [2.24, 2.45) is 5.73 Å². The van der Waals surface area contributed by atoms with Gasteiger partial charge in [0, 0.05) is 5.92 Å². The van der Waals surface area contributed by atoms with Crippen molar-refractivity contribution in [1.29, 1.82) is 0 Å². The van der Waals surface area contributed by atoms with E-state index in [9.17, 15) is 0 Å². The summed E-state index contributed by atoms with van der Waals surface area (Å²) in [4.78, 5) is 0. The third-order valence-corrected chi connectivity index (χ3v) is 4.33. The molecule has 1 atom stereocenters. The van der Waals surface area contributed by atoms with Gasteiger partial charge in [-0.25, -0.2) is 0 Å². The minimum Gasteiger partial charge on any atom is -0.496 e. The van der Waals surface area contributed by atoms with Gasteiger partial charge in [-0.2, -0.15) is 0 Å². The summed E-state index contributed by atoms with van der Waals surface area (Å²) >= 11 is 0. The number of nitrogens with two attached hydrogens (primary N) is 1. The maximum absolute atomic E-state index is 6.09. The molecular weight excluding hydrogens is 286 g/mol. The van der Waals surface area contributed by atoms with Gasteiger partial charge in [0.25, 0.3) is 0 Å². The van der Waals surface area contributed by atoms with Crippen LogP contribution in [0.15, 0.2) is 36.4 Å². The largest absolute Gasteiger partial charge is 0.496 e. The number of rotatable bonds is 7. The van der Waals surface area contributed by atoms with Crippen molar-refractivity contribution in [3.05, 3.63) is 58.7 Å². The van der Waals surface area contributed by atoms with Gasteiger partial charge in [0.15, 0.2) is 0 Å². The van der Waals surface area contributed by atoms with E-state index in [0.29, 0.717) is 6.54 Å². The van der Waals surface area contributed by atoms with E-state index >= 15 is 0 Å². The van der Waals surface area contributed by atoms with Crippen molar-refractivity contribution in [1.82, 2.24) is 0 Å². The smallest absolute Gasteiger partial charge is 0.122 e. The first-order valence-corrected chi connectivity index (χ1v) is 8.13. The highest BCUT2D eigenvalue weighted by atomic mass is 16.5. The average Bonchev–Trinajstić information content (AvgIpc) is 2.59. The first-order chi connectivity index (χ1) is 11.1. The first kappa shape index (κ1) is 17.4. The fourth-order valence-electron chi connectivity index (χ4n) is 2.97. The summed E-state index contributed by atoms with van der Waals surface area (Å²) in [7, 11) is 3.43. The molecule has 3 heteroatoms. The SMILES string of the molecule is CCc1ccc(OC)c(CC(CN)c2cc(C)ccc2OC)c1. The van der Waals surface area contributed by atoms with E-state index in [0.717, 1.165) is 24.3 Å². The molecule has 0 radical (unpaired) electrons. The Balaban J connectivity index is 2.38. The topological polar surface area (TPSA) is 44.5 Å². The van der Waals surface area contributed by atoms with Crippen LogP contribution in [0.5, 0.6) is 11.5 Å². The summed E-state index contributed by atoms with van der Waals surface area (Å²) < 4.78 is 11.1. The van der Waals surface area contributed by atoms with Crippen LogP contribution in [-0.4, -0.2) is 20.8 Å². The Morgan fingerprint density at radius 2 is 1.70 bits per heavy atom. The highest BCUT2D eigenvalue weighted by molar-refractivity contribution is 5.43. The molecule has 0 saturated carbocycles. The van der Waals surface area contributed by atoms with Crippen LogP contribution in [0.4, 0.5) is 0 Å². The summed E-state index contributed by atoms with van der Waals surface area (Å²) in [6.07, 6.45) is 1.85. The van der Waals surface area contributed by atoms with Crippen LogP contribution >= 0.6 is 0 Å². The predicted octanol–water partition coefficient (Wildman–Crippen LogP) is 3.86. The zero-order chi connectivity index (χ0) is 16.8. The summed E-state index contributed by atoms with van der Waals surface area (Å²) in [5, 5.41) is 0. The van der Waals surface area contributed by atoms with Crippen LogP contribution < -0.4 is 15.2 Å². The zero-order valence-electron chi connectivity index (χ0n) is 14.6. The lowest BCUT2D eigenvalue weighted by molar-refractivity contribution is 0.400. The van der Waals surface area contributed by atoms with Crippen LogP contribution in [0.3, 0.4) is 0 Å². The second-order valence-electron chi connectivity index (χ2n) is 5.88. The van der Waals surface area contributed by atoms with Gasteiger partial charge in [-0.1, -0.05) is 36.8 Å². The third-order valence-electron chi connectivity index (χ3n) is 4.33. The van der Waals surface area contributed by atoms with Gasteiger partial charge >= 0.3 is 0 Å². The molecular formula is C20H27NO2. The summed E-state index contributed by atoms with van der Waals surface area (Å²) in [5.41, 5.74) is 11.0. The average molecular weight is 313 g/mol. The second kappa shape index (κ2) is 8.02. The Hall–Kier alpha value is -2.00. The third kappa shape index (κ3) is 4.05. The molecule has 0 heterocycles. The Morgan fingerprint density at radius 3 is 2.30 bits per heavy atom. The molecule has 2 aromatic carbocycles. The fraction of sp³-hybridized carbons (Fsp3) is 0.400. The lowest BCUT2D eigenvalue weighted by atomic mass is 9.89. The summed E-state index contributed by atoms with van der Waals surface area (Å²) in [6, 6.07) is 12.7. The van der Waals surface area contributed by atoms with Crippen molar-refractivity contribution in [3.8, 4) is 11.5 Å². The van der Waals surface area contributed by atoms with Crippen molar-refractivity contribution in [3.63, 3.8) is 0 Å². The molecule has 23 heavy (non-hydrogen) atoms. The van der Waals surface area contributed by atoms with E-state index in [1.165, 1.54) is 22.3 Å². The van der Waals surface area contributed by atoms with Gasteiger partial charge < -0.3 is 15.2 Å². The molecule has 0 saturated heterocycles. The number of aryl methyl sites for hydroxylation is 2. The molecule has 0 bridgehead atoms. The van der Waals surface area contributed by atoms with Gasteiger partial charge in [0.2, 0.25) is 0 Å². The lowest BCUT2D eigenvalue weighted by Gasteiger charge is -2.20. The van der Waals surface area contributed by atoms with E-state index in [-0.39, 0.29) is 5.92 Å². The number of methoxy groups -OCH3 is 2. The van der Waals surface area contributed by atoms with Crippen molar-refractivity contribution in [2.45, 2.75) is 32.6 Å². The van der Waals surface area contributed by atoms with Gasteiger partial charge in [-0.15, -0.1) is 0 Å². The minimum absolute atomic E-state index is 0.200. The number of benzene rings is 2. The molecule has 2 rings (SSSR count). The molecule has 2 N–H and O–H groups in total. The molecule has 2 aromatic rings. The monoisotopic (exact) mass is 313 g/mol. The summed E-state index contributed by atoms with van der Waals surface area (Å²) in [5.74, 6) is 2.02. The Labute approximate surface area is 139 Å². The lowest BCUT2D eigenvalue weighted by Crippen LogP contribution is -2.16. The maximum Gasteiger partial charge on any atom is 0.122 e. The second-order valence-corrected chi connectivity index (χ2v) is 5.88. The molecule has 0 aromatic heterocycles. The molecule has 0 amide bonds. The van der Waals surface area contributed by atoms with Crippen LogP contribution in [0.1, 0.15) is 35.1 Å². The van der Waals surface area contributed by atoms with Crippen LogP contribution in [0, 0.1) is 6.92 Å². The maximum atomic E-state index is 6.09. The normalized spacial score (nSPS) is 12.0. The van der Waals surface area contributed by atoms with E-state index in [4.69, 9.17) is 15.2 Å².